The van der Waals surface area contributed by atoms with Crippen LogP contribution in [-0.2, 0) is 20.8 Å². The smallest absolute Gasteiger partial charge is 0.337 e. The largest absolute Gasteiger partial charge is 0.465 e. The van der Waals surface area contributed by atoms with Crippen molar-refractivity contribution < 1.29 is 23.9 Å². The van der Waals surface area contributed by atoms with Gasteiger partial charge in [0.05, 0.1) is 31.1 Å². The van der Waals surface area contributed by atoms with Crippen LogP contribution in [0.3, 0.4) is 0 Å². The summed E-state index contributed by atoms with van der Waals surface area (Å²) in [6, 6.07) is 12.3. The van der Waals surface area contributed by atoms with Crippen LogP contribution < -0.4 is 5.32 Å². The lowest BCUT2D eigenvalue weighted by atomic mass is 10.1. The van der Waals surface area contributed by atoms with E-state index in [1.165, 1.54) is 44.2 Å². The number of carbonyl (C=O) groups excluding carboxylic acids is 3. The van der Waals surface area contributed by atoms with Crippen molar-refractivity contribution >= 4 is 56.7 Å². The van der Waals surface area contributed by atoms with E-state index in [1.54, 1.807) is 17.4 Å². The topological polar surface area (TPSA) is 112 Å². The average molecular weight is 523 g/mol. The van der Waals surface area contributed by atoms with E-state index in [4.69, 9.17) is 9.47 Å². The predicted molar refractivity (Wildman–Crippen MR) is 140 cm³/mol. The van der Waals surface area contributed by atoms with Gasteiger partial charge in [-0.05, 0) is 24.3 Å². The first-order valence-electron chi connectivity index (χ1n) is 10.7. The number of rotatable bonds is 9. The van der Waals surface area contributed by atoms with Gasteiger partial charge in [0.15, 0.2) is 11.0 Å². The Balaban J connectivity index is 1.53. The van der Waals surface area contributed by atoms with Crippen molar-refractivity contribution in [1.29, 1.82) is 0 Å². The molecule has 2 aromatic carbocycles. The lowest BCUT2D eigenvalue weighted by molar-refractivity contribution is -0.113. The lowest BCUT2D eigenvalue weighted by Gasteiger charge is -2.10. The van der Waals surface area contributed by atoms with Gasteiger partial charge in [-0.25, -0.2) is 9.59 Å². The summed E-state index contributed by atoms with van der Waals surface area (Å²) in [7, 11) is 2.46. The molecule has 0 radical (unpaired) electrons. The molecule has 1 N–H and O–H groups in total. The van der Waals surface area contributed by atoms with Gasteiger partial charge in [-0.1, -0.05) is 36.0 Å². The first kappa shape index (κ1) is 25.1. The van der Waals surface area contributed by atoms with Crippen LogP contribution in [0.4, 0.5) is 5.69 Å². The number of carbonyl (C=O) groups is 3. The molecule has 9 nitrogen and oxygen atoms in total. The zero-order valence-corrected chi connectivity index (χ0v) is 21.1. The highest BCUT2D eigenvalue weighted by atomic mass is 32.2. The molecule has 4 aromatic rings. The van der Waals surface area contributed by atoms with Gasteiger partial charge < -0.3 is 14.8 Å². The highest BCUT2D eigenvalue weighted by Crippen LogP contribution is 2.34. The zero-order chi connectivity index (χ0) is 25.7. The van der Waals surface area contributed by atoms with Crippen LogP contribution in [0.15, 0.2) is 65.7 Å². The monoisotopic (exact) mass is 522 g/mol. The number of methoxy groups -OCH3 is 2. The molecule has 4 rings (SSSR count). The van der Waals surface area contributed by atoms with E-state index in [9.17, 15) is 14.4 Å². The van der Waals surface area contributed by atoms with Gasteiger partial charge in [0.25, 0.3) is 0 Å². The molecule has 0 bridgehead atoms. The second kappa shape index (κ2) is 11.2. The van der Waals surface area contributed by atoms with E-state index in [-0.39, 0.29) is 28.5 Å². The summed E-state index contributed by atoms with van der Waals surface area (Å²) in [6.45, 7) is 4.31. The molecule has 2 aromatic heterocycles. The Morgan fingerprint density at radius 2 is 1.78 bits per heavy atom. The van der Waals surface area contributed by atoms with Gasteiger partial charge >= 0.3 is 11.9 Å². The first-order chi connectivity index (χ1) is 17.4. The number of benzene rings is 2. The molecule has 36 heavy (non-hydrogen) atoms. The quantitative estimate of drug-likeness (QED) is 0.192. The Morgan fingerprint density at radius 3 is 2.44 bits per heavy atom. The second-order valence-corrected chi connectivity index (χ2v) is 9.32. The van der Waals surface area contributed by atoms with Crippen LogP contribution in [0.25, 0.3) is 21.5 Å². The molecule has 184 valence electrons. The summed E-state index contributed by atoms with van der Waals surface area (Å²) < 4.78 is 12.5. The Bertz CT molecular complexity index is 1430. The summed E-state index contributed by atoms with van der Waals surface area (Å²) in [5.41, 5.74) is 1.46. The molecule has 0 saturated heterocycles. The van der Waals surface area contributed by atoms with Gasteiger partial charge in [0, 0.05) is 33.3 Å². The Labute approximate surface area is 215 Å². The molecule has 1 amide bonds. The van der Waals surface area contributed by atoms with E-state index < -0.39 is 11.9 Å². The molecule has 0 aliphatic carbocycles. The second-order valence-electron chi connectivity index (χ2n) is 7.47. The van der Waals surface area contributed by atoms with Crippen LogP contribution >= 0.6 is 23.1 Å². The van der Waals surface area contributed by atoms with Crippen molar-refractivity contribution in [3.8, 4) is 11.4 Å². The molecule has 0 spiro atoms. The minimum absolute atomic E-state index is 0.0235. The molecule has 0 saturated carbocycles. The van der Waals surface area contributed by atoms with Crippen molar-refractivity contribution in [2.24, 2.45) is 0 Å². The fourth-order valence-corrected chi connectivity index (χ4v) is 5.22. The fraction of sp³-hybridized carbons (Fsp3) is 0.160. The number of ether oxygens (including phenoxy) is 2. The molecule has 0 unspecified atom stereocenters. The number of allylic oxidation sites excluding steroid dienone is 1. The lowest BCUT2D eigenvalue weighted by Crippen LogP contribution is -2.16. The van der Waals surface area contributed by atoms with Crippen LogP contribution in [0, 0.1) is 0 Å². The zero-order valence-electron chi connectivity index (χ0n) is 19.5. The van der Waals surface area contributed by atoms with Gasteiger partial charge in [-0.2, -0.15) is 0 Å². The van der Waals surface area contributed by atoms with E-state index in [0.29, 0.717) is 17.5 Å². The fourth-order valence-electron chi connectivity index (χ4n) is 3.54. The van der Waals surface area contributed by atoms with Gasteiger partial charge in [0.1, 0.15) is 0 Å². The summed E-state index contributed by atoms with van der Waals surface area (Å²) in [5.74, 6) is -0.916. The number of thiophene rings is 1. The normalized spacial score (nSPS) is 10.7. The van der Waals surface area contributed by atoms with Crippen LogP contribution in [0.2, 0.25) is 0 Å². The van der Waals surface area contributed by atoms with Gasteiger partial charge in [0.2, 0.25) is 5.91 Å². The van der Waals surface area contributed by atoms with Crippen LogP contribution in [-0.4, -0.2) is 52.6 Å². The third-order valence-electron chi connectivity index (χ3n) is 5.14. The maximum absolute atomic E-state index is 12.7. The molecule has 0 aliphatic heterocycles. The Morgan fingerprint density at radius 1 is 1.08 bits per heavy atom. The van der Waals surface area contributed by atoms with Crippen LogP contribution in [0.1, 0.15) is 20.7 Å². The number of esters is 2. The number of aromatic nitrogens is 3. The van der Waals surface area contributed by atoms with E-state index in [2.05, 4.69) is 28.2 Å². The summed E-state index contributed by atoms with van der Waals surface area (Å²) in [6.07, 6.45) is 1.75. The predicted octanol–water partition coefficient (Wildman–Crippen LogP) is 4.65. The van der Waals surface area contributed by atoms with Crippen LogP contribution in [0.5, 0.6) is 0 Å². The maximum Gasteiger partial charge on any atom is 0.337 e. The SMILES string of the molecule is C=CCn1c(SCC(=O)Nc2cc(C(=O)OC)cc(C(=O)OC)c2)nnc1-c1csc2ccccc12. The highest BCUT2D eigenvalue weighted by molar-refractivity contribution is 7.99. The molecular weight excluding hydrogens is 500 g/mol. The molecule has 0 aliphatic rings. The minimum atomic E-state index is -0.642. The number of anilines is 1. The number of nitrogens with one attached hydrogen (secondary N) is 1. The number of hydrogen-bond acceptors (Lipinski definition) is 9. The summed E-state index contributed by atoms with van der Waals surface area (Å²) >= 11 is 2.85. The third kappa shape index (κ3) is 5.31. The van der Waals surface area contributed by atoms with E-state index >= 15 is 0 Å². The third-order valence-corrected chi connectivity index (χ3v) is 7.07. The molecule has 0 fully saturated rings. The maximum atomic E-state index is 12.7. The van der Waals surface area contributed by atoms with Crippen molar-refractivity contribution in [3.63, 3.8) is 0 Å². The highest BCUT2D eigenvalue weighted by Gasteiger charge is 2.19. The molecular formula is C25H22N4O5S2. The van der Waals surface area contributed by atoms with Gasteiger partial charge in [-0.3, -0.25) is 9.36 Å². The van der Waals surface area contributed by atoms with E-state index in [0.717, 1.165) is 15.6 Å². The average Bonchev–Trinajstić information content (AvgIpc) is 3.50. The van der Waals surface area contributed by atoms with Crippen molar-refractivity contribution in [2.45, 2.75) is 11.7 Å². The standard InChI is InChI=1S/C25H22N4O5S2/c1-4-9-29-22(19-13-35-20-8-6-5-7-18(19)20)27-28-25(29)36-14-21(30)26-17-11-15(23(31)33-2)10-16(12-17)24(32)34-3/h4-8,10-13H,1,9,14H2,2-3H3,(H,26,30). The number of nitrogens with zero attached hydrogens (tertiary/aromatic N) is 3. The van der Waals surface area contributed by atoms with E-state index in [1.807, 2.05) is 28.1 Å². The first-order valence-corrected chi connectivity index (χ1v) is 12.6. The summed E-state index contributed by atoms with van der Waals surface area (Å²) in [5, 5.41) is 15.1. The minimum Gasteiger partial charge on any atom is -0.465 e. The van der Waals surface area contributed by atoms with Crippen molar-refractivity contribution in [2.75, 3.05) is 25.3 Å². The Hall–Kier alpha value is -3.96. The number of hydrogen-bond donors (Lipinski definition) is 1. The number of amides is 1. The van der Waals surface area contributed by atoms with Crippen molar-refractivity contribution in [3.05, 3.63) is 71.6 Å². The Kier molecular flexibility index (Phi) is 7.81. The number of fused-ring (bicyclic) bond motifs is 1. The van der Waals surface area contributed by atoms with Crippen molar-refractivity contribution in [1.82, 2.24) is 14.8 Å². The molecule has 2 heterocycles. The number of thioether (sulfide) groups is 1. The molecule has 0 atom stereocenters. The summed E-state index contributed by atoms with van der Waals surface area (Å²) in [4.78, 5) is 36.7. The van der Waals surface area contributed by atoms with Gasteiger partial charge in [-0.15, -0.1) is 28.1 Å². The molecule has 11 heteroatoms.